The van der Waals surface area contributed by atoms with Crippen molar-refractivity contribution in [1.29, 1.82) is 0 Å². The van der Waals surface area contributed by atoms with Gasteiger partial charge in [0.25, 0.3) is 12.3 Å². The molecule has 0 fully saturated rings. The topological polar surface area (TPSA) is 80.9 Å². The number of carbonyl (C=O) groups is 1. The van der Waals surface area contributed by atoms with E-state index in [1.807, 2.05) is 0 Å². The molecule has 2 aromatic carbocycles. The van der Waals surface area contributed by atoms with E-state index in [9.17, 15) is 13.6 Å². The molecule has 130 valence electrons. The highest BCUT2D eigenvalue weighted by Crippen LogP contribution is 2.34. The summed E-state index contributed by atoms with van der Waals surface area (Å²) in [6.07, 6.45) is -2.63. The fourth-order valence-electron chi connectivity index (χ4n) is 2.47. The summed E-state index contributed by atoms with van der Waals surface area (Å²) in [5, 5.41) is 15.2. The molecule has 4 aromatic rings. The van der Waals surface area contributed by atoms with Crippen LogP contribution in [0.4, 0.5) is 13.9 Å². The Morgan fingerprint density at radius 3 is 2.69 bits per heavy atom. The van der Waals surface area contributed by atoms with Gasteiger partial charge in [0.05, 0.1) is 5.39 Å². The third-order valence-corrected chi connectivity index (χ3v) is 4.53. The lowest BCUT2D eigenvalue weighted by atomic mass is 10.1. The zero-order valence-electron chi connectivity index (χ0n) is 13.0. The number of aromatic nitrogens is 3. The second-order valence-electron chi connectivity index (χ2n) is 5.28. The van der Waals surface area contributed by atoms with Crippen molar-refractivity contribution in [1.82, 2.24) is 15.4 Å². The molecule has 0 saturated heterocycles. The molecule has 0 unspecified atom stereocenters. The van der Waals surface area contributed by atoms with Crippen LogP contribution in [-0.4, -0.2) is 21.3 Å². The summed E-state index contributed by atoms with van der Waals surface area (Å²) < 4.78 is 31.3. The zero-order valence-corrected chi connectivity index (χ0v) is 13.8. The second kappa shape index (κ2) is 6.60. The van der Waals surface area contributed by atoms with Gasteiger partial charge in [-0.25, -0.2) is 8.78 Å². The van der Waals surface area contributed by atoms with E-state index < -0.39 is 12.3 Å². The van der Waals surface area contributed by atoms with E-state index in [-0.39, 0.29) is 22.0 Å². The van der Waals surface area contributed by atoms with Crippen LogP contribution in [0.5, 0.6) is 0 Å². The lowest BCUT2D eigenvalue weighted by molar-refractivity contribution is 0.0990. The van der Waals surface area contributed by atoms with Crippen LogP contribution < -0.4 is 5.32 Å². The molecule has 0 aliphatic heterocycles. The molecule has 26 heavy (non-hydrogen) atoms. The monoisotopic (exact) mass is 372 g/mol. The number of hydrogen-bond donors (Lipinski definition) is 1. The standard InChI is InChI=1S/C17H10F2N4O2S/c18-14(19)9-5-1-2-6-10(9)16-21-22-17(26-16)20-15(24)13-11-7-3-4-8-12(11)23-25-13/h1-8,14H,(H,20,22,24). The molecule has 0 bridgehead atoms. The molecule has 2 aromatic heterocycles. The van der Waals surface area contributed by atoms with Gasteiger partial charge in [-0.3, -0.25) is 10.1 Å². The van der Waals surface area contributed by atoms with Crippen LogP contribution in [0, 0.1) is 0 Å². The van der Waals surface area contributed by atoms with E-state index in [1.54, 1.807) is 30.3 Å². The molecule has 4 rings (SSSR count). The van der Waals surface area contributed by atoms with Gasteiger partial charge in [-0.15, -0.1) is 10.2 Å². The van der Waals surface area contributed by atoms with E-state index in [0.717, 1.165) is 11.3 Å². The number of nitrogens with zero attached hydrogens (tertiary/aromatic N) is 3. The largest absolute Gasteiger partial charge is 0.350 e. The highest BCUT2D eigenvalue weighted by Gasteiger charge is 2.20. The number of anilines is 1. The van der Waals surface area contributed by atoms with E-state index in [1.165, 1.54) is 18.2 Å². The van der Waals surface area contributed by atoms with Crippen molar-refractivity contribution in [3.05, 3.63) is 59.9 Å². The predicted octanol–water partition coefficient (Wildman–Crippen LogP) is 4.54. The van der Waals surface area contributed by atoms with Crippen molar-refractivity contribution in [2.45, 2.75) is 6.43 Å². The molecule has 0 radical (unpaired) electrons. The van der Waals surface area contributed by atoms with Gasteiger partial charge in [0, 0.05) is 11.1 Å². The number of nitrogens with one attached hydrogen (secondary N) is 1. The van der Waals surface area contributed by atoms with Crippen molar-refractivity contribution in [3.8, 4) is 10.6 Å². The van der Waals surface area contributed by atoms with Crippen molar-refractivity contribution in [2.24, 2.45) is 0 Å². The summed E-state index contributed by atoms with van der Waals surface area (Å²) in [5.74, 6) is -0.492. The summed E-state index contributed by atoms with van der Waals surface area (Å²) >= 11 is 0.999. The van der Waals surface area contributed by atoms with E-state index in [0.29, 0.717) is 15.9 Å². The van der Waals surface area contributed by atoms with Gasteiger partial charge in [-0.1, -0.05) is 52.9 Å². The molecule has 6 nitrogen and oxygen atoms in total. The average Bonchev–Trinajstić information content (AvgIpc) is 3.28. The highest BCUT2D eigenvalue weighted by molar-refractivity contribution is 7.18. The first-order chi connectivity index (χ1) is 12.6. The van der Waals surface area contributed by atoms with Gasteiger partial charge in [0.15, 0.2) is 0 Å². The van der Waals surface area contributed by atoms with Gasteiger partial charge in [-0.2, -0.15) is 0 Å². The minimum absolute atomic E-state index is 0.0466. The number of amides is 1. The maximum absolute atomic E-state index is 13.1. The van der Waals surface area contributed by atoms with E-state index in [2.05, 4.69) is 20.7 Å². The fourth-order valence-corrected chi connectivity index (χ4v) is 3.26. The molecule has 0 atom stereocenters. The number of carbonyl (C=O) groups excluding carboxylic acids is 1. The Morgan fingerprint density at radius 2 is 1.85 bits per heavy atom. The normalized spacial score (nSPS) is 11.2. The molecule has 0 aliphatic rings. The molecule has 0 aliphatic carbocycles. The molecule has 1 N–H and O–H groups in total. The number of hydrogen-bond acceptors (Lipinski definition) is 6. The van der Waals surface area contributed by atoms with Crippen molar-refractivity contribution < 1.29 is 18.1 Å². The molecule has 0 spiro atoms. The molecule has 1 amide bonds. The summed E-state index contributed by atoms with van der Waals surface area (Å²) in [6.45, 7) is 0. The lowest BCUT2D eigenvalue weighted by Crippen LogP contribution is -2.11. The Hall–Kier alpha value is -3.20. The number of alkyl halides is 2. The minimum Gasteiger partial charge on any atom is -0.350 e. The molecule has 0 saturated carbocycles. The summed E-state index contributed by atoms with van der Waals surface area (Å²) in [4.78, 5) is 12.4. The van der Waals surface area contributed by atoms with Crippen LogP contribution in [0.3, 0.4) is 0 Å². The Labute approximate surface area is 149 Å². The molecular weight excluding hydrogens is 362 g/mol. The minimum atomic E-state index is -2.63. The lowest BCUT2D eigenvalue weighted by Gasteiger charge is -2.04. The first-order valence-corrected chi connectivity index (χ1v) is 8.32. The second-order valence-corrected chi connectivity index (χ2v) is 6.26. The van der Waals surface area contributed by atoms with Crippen LogP contribution in [0.1, 0.15) is 22.5 Å². The zero-order chi connectivity index (χ0) is 18.1. The van der Waals surface area contributed by atoms with Gasteiger partial charge < -0.3 is 4.52 Å². The smallest absolute Gasteiger partial charge is 0.296 e. The van der Waals surface area contributed by atoms with Crippen molar-refractivity contribution in [3.63, 3.8) is 0 Å². The summed E-state index contributed by atoms with van der Waals surface area (Å²) in [7, 11) is 0. The number of fused-ring (bicyclic) bond motifs is 1. The van der Waals surface area contributed by atoms with Crippen LogP contribution in [0.25, 0.3) is 21.5 Å². The summed E-state index contributed by atoms with van der Waals surface area (Å²) in [5.41, 5.74) is 0.704. The Balaban J connectivity index is 1.60. The summed E-state index contributed by atoms with van der Waals surface area (Å²) in [6, 6.07) is 13.0. The predicted molar refractivity (Wildman–Crippen MR) is 92.3 cm³/mol. The van der Waals surface area contributed by atoms with Gasteiger partial charge in [0.1, 0.15) is 10.5 Å². The van der Waals surface area contributed by atoms with Crippen LogP contribution >= 0.6 is 11.3 Å². The highest BCUT2D eigenvalue weighted by atomic mass is 32.1. The molecular formula is C17H10F2N4O2S. The number of rotatable bonds is 4. The van der Waals surface area contributed by atoms with Crippen LogP contribution in [0.15, 0.2) is 53.1 Å². The molecule has 2 heterocycles. The maximum Gasteiger partial charge on any atom is 0.296 e. The third-order valence-electron chi connectivity index (χ3n) is 3.66. The van der Waals surface area contributed by atoms with Crippen molar-refractivity contribution in [2.75, 3.05) is 5.32 Å². The Morgan fingerprint density at radius 1 is 1.08 bits per heavy atom. The third kappa shape index (κ3) is 2.92. The SMILES string of the molecule is O=C(Nc1nnc(-c2ccccc2C(F)F)s1)c1onc2ccccc12. The Bertz CT molecular complexity index is 1090. The van der Waals surface area contributed by atoms with Crippen molar-refractivity contribution >= 4 is 33.3 Å². The first-order valence-electron chi connectivity index (χ1n) is 7.50. The van der Waals surface area contributed by atoms with Gasteiger partial charge in [-0.05, 0) is 12.1 Å². The van der Waals surface area contributed by atoms with Gasteiger partial charge in [0.2, 0.25) is 10.9 Å². The quantitative estimate of drug-likeness (QED) is 0.569. The van der Waals surface area contributed by atoms with Crippen LogP contribution in [0.2, 0.25) is 0 Å². The average molecular weight is 372 g/mol. The maximum atomic E-state index is 13.1. The van der Waals surface area contributed by atoms with Crippen LogP contribution in [-0.2, 0) is 0 Å². The first kappa shape index (κ1) is 16.3. The molecule has 9 heteroatoms. The van der Waals surface area contributed by atoms with E-state index >= 15 is 0 Å². The fraction of sp³-hybridized carbons (Fsp3) is 0.0588. The van der Waals surface area contributed by atoms with E-state index in [4.69, 9.17) is 4.52 Å². The Kier molecular flexibility index (Phi) is 4.13. The van der Waals surface area contributed by atoms with Gasteiger partial charge >= 0.3 is 0 Å². The number of benzene rings is 2. The number of halogens is 2.